The van der Waals surface area contributed by atoms with Gasteiger partial charge in [-0.3, -0.25) is 29.8 Å². The van der Waals surface area contributed by atoms with E-state index in [0.29, 0.717) is 0 Å². The van der Waals surface area contributed by atoms with E-state index in [-0.39, 0.29) is 75.0 Å². The van der Waals surface area contributed by atoms with E-state index in [4.69, 9.17) is 8.83 Å². The van der Waals surface area contributed by atoms with Gasteiger partial charge < -0.3 is 23.8 Å². The fraction of sp³-hybridized carbons (Fsp3) is 0.258. The Bertz CT molecular complexity index is 2250. The predicted octanol–water partition coefficient (Wildman–Crippen LogP) is 2.19. The van der Waals surface area contributed by atoms with Gasteiger partial charge in [0.2, 0.25) is 20.0 Å². The van der Waals surface area contributed by atoms with Gasteiger partial charge in [-0.05, 0) is 36.4 Å². The zero-order valence-electron chi connectivity index (χ0n) is 27.2. The molecule has 2 saturated heterocycles. The number of rotatable bonds is 8. The zero-order valence-corrected chi connectivity index (χ0v) is 28.9. The van der Waals surface area contributed by atoms with E-state index in [9.17, 15) is 51.9 Å². The maximum Gasteiger partial charge on any atom is 0.289 e. The molecular formula is C31H27N7O13S2. The van der Waals surface area contributed by atoms with Crippen molar-refractivity contribution in [2.45, 2.75) is 9.79 Å². The third-order valence-corrected chi connectivity index (χ3v) is 13.0. The van der Waals surface area contributed by atoms with Crippen LogP contribution in [-0.4, -0.2) is 120 Å². The summed E-state index contributed by atoms with van der Waals surface area (Å²) in [5.74, 6) is -0.772. The van der Waals surface area contributed by atoms with Gasteiger partial charge in [-0.1, -0.05) is 5.16 Å². The molecule has 3 aliphatic rings. The number of carbonyl (C=O) groups excluding carboxylic acids is 2. The van der Waals surface area contributed by atoms with Crippen molar-refractivity contribution in [1.29, 1.82) is 0 Å². The summed E-state index contributed by atoms with van der Waals surface area (Å²) in [7, 11) is -9.00. The highest BCUT2D eigenvalue weighted by molar-refractivity contribution is 7.89. The summed E-state index contributed by atoms with van der Waals surface area (Å²) in [5.41, 5.74) is -3.86. The van der Waals surface area contributed by atoms with Crippen LogP contribution in [0.15, 0.2) is 84.8 Å². The van der Waals surface area contributed by atoms with Crippen LogP contribution in [0.25, 0.3) is 11.1 Å². The first kappa shape index (κ1) is 35.4. The topological polar surface area (TPSA) is 261 Å². The molecule has 2 amide bonds. The number of benzene rings is 2. The van der Waals surface area contributed by atoms with Crippen molar-refractivity contribution in [2.24, 2.45) is 5.16 Å². The third-order valence-electron chi connectivity index (χ3n) is 9.23. The van der Waals surface area contributed by atoms with Crippen molar-refractivity contribution in [3.05, 3.63) is 104 Å². The monoisotopic (exact) mass is 769 g/mol. The number of oxime groups is 1. The highest BCUT2D eigenvalue weighted by Crippen LogP contribution is 2.49. The minimum Gasteiger partial charge on any atom is -0.459 e. The van der Waals surface area contributed by atoms with Crippen LogP contribution in [0, 0.1) is 20.2 Å². The second-order valence-corrected chi connectivity index (χ2v) is 15.9. The second kappa shape index (κ2) is 13.2. The van der Waals surface area contributed by atoms with E-state index < -0.39 is 79.7 Å². The van der Waals surface area contributed by atoms with E-state index in [1.54, 1.807) is 0 Å². The summed E-state index contributed by atoms with van der Waals surface area (Å²) in [5, 5.41) is 38.3. The first-order valence-electron chi connectivity index (χ1n) is 15.8. The van der Waals surface area contributed by atoms with E-state index in [2.05, 4.69) is 5.16 Å². The first-order valence-corrected chi connectivity index (χ1v) is 18.7. The van der Waals surface area contributed by atoms with Crippen LogP contribution in [0.4, 0.5) is 11.4 Å². The maximum absolute atomic E-state index is 13.9. The number of hydrogen-bond donors (Lipinski definition) is 1. The Morgan fingerprint density at radius 3 is 1.34 bits per heavy atom. The molecule has 4 aromatic rings. The van der Waals surface area contributed by atoms with E-state index >= 15 is 0 Å². The maximum atomic E-state index is 13.9. The number of sulfonamides is 2. The number of furan rings is 2. The van der Waals surface area contributed by atoms with Crippen LogP contribution in [0.2, 0.25) is 0 Å². The smallest absolute Gasteiger partial charge is 0.289 e. The number of nitro benzene ring substituents is 2. The number of nitro groups is 2. The Hall–Kier alpha value is -5.97. The van der Waals surface area contributed by atoms with Crippen molar-refractivity contribution in [1.82, 2.24) is 18.4 Å². The van der Waals surface area contributed by atoms with E-state index in [1.165, 1.54) is 46.6 Å². The van der Waals surface area contributed by atoms with Crippen LogP contribution in [0.5, 0.6) is 0 Å². The van der Waals surface area contributed by atoms with Gasteiger partial charge in [0.05, 0.1) is 43.3 Å². The minimum atomic E-state index is -4.50. The third kappa shape index (κ3) is 5.99. The lowest BCUT2D eigenvalue weighted by atomic mass is 10.0. The quantitative estimate of drug-likeness (QED) is 0.135. The molecule has 2 aromatic heterocycles. The lowest BCUT2D eigenvalue weighted by Gasteiger charge is -2.33. The van der Waals surface area contributed by atoms with E-state index in [1.807, 2.05) is 0 Å². The number of fused-ring (bicyclic) bond motifs is 3. The van der Waals surface area contributed by atoms with Crippen molar-refractivity contribution in [3.63, 3.8) is 0 Å². The molecule has 1 aliphatic carbocycles. The van der Waals surface area contributed by atoms with Gasteiger partial charge in [0.15, 0.2) is 11.5 Å². The SMILES string of the molecule is O=C(c1ccco1)N1CCN(S(=O)(=O)c2cc3c(c([N+](=O)[O-])c2)-c2c(cc(S(=O)(=O)N4CCN(C(=O)c5ccco5)CC4)cc2[N+](=O)[O-])C3=NO)CC1. The normalized spacial score (nSPS) is 16.6. The lowest BCUT2D eigenvalue weighted by molar-refractivity contribution is -0.386. The molecule has 2 fully saturated rings. The van der Waals surface area contributed by atoms with Gasteiger partial charge >= 0.3 is 0 Å². The molecule has 22 heteroatoms. The molecule has 1 N–H and O–H groups in total. The summed E-state index contributed by atoms with van der Waals surface area (Å²) >= 11 is 0. The van der Waals surface area contributed by atoms with Gasteiger partial charge in [-0.25, -0.2) is 16.8 Å². The van der Waals surface area contributed by atoms with Crippen LogP contribution in [0.3, 0.4) is 0 Å². The molecular weight excluding hydrogens is 743 g/mol. The molecule has 0 bridgehead atoms. The number of nitrogens with zero attached hydrogens (tertiary/aromatic N) is 7. The molecule has 0 atom stereocenters. The van der Waals surface area contributed by atoms with E-state index in [0.717, 1.165) is 32.9 Å². The Morgan fingerprint density at radius 2 is 1.04 bits per heavy atom. The molecule has 0 spiro atoms. The van der Waals surface area contributed by atoms with Gasteiger partial charge in [0.25, 0.3) is 23.2 Å². The Labute approximate surface area is 299 Å². The molecule has 53 heavy (non-hydrogen) atoms. The number of amides is 2. The number of carbonyl (C=O) groups is 2. The van der Waals surface area contributed by atoms with Gasteiger partial charge in [0.1, 0.15) is 5.71 Å². The largest absolute Gasteiger partial charge is 0.459 e. The standard InChI is InChI=1S/C31H27N7O13S2/c39-30(25-3-1-13-50-25)33-5-9-35(10-6-33)52(46,47)19-15-21-27(23(17-19)37(42)43)28-22(29(21)32-41)16-20(18-24(28)38(44)45)53(48,49)36-11-7-34(8-12-36)31(40)26-4-2-14-51-26/h1-4,13-18,41H,5-12H2. The highest BCUT2D eigenvalue weighted by Gasteiger charge is 2.43. The molecule has 0 unspecified atom stereocenters. The second-order valence-electron chi connectivity index (χ2n) is 12.0. The fourth-order valence-corrected chi connectivity index (χ4v) is 9.55. The van der Waals surface area contributed by atoms with Gasteiger partial charge in [-0.15, -0.1) is 0 Å². The average Bonchev–Trinajstić information content (AvgIpc) is 3.95. The van der Waals surface area contributed by atoms with Crippen LogP contribution < -0.4 is 0 Å². The minimum absolute atomic E-state index is 0.0284. The zero-order chi connectivity index (χ0) is 37.8. The number of hydrogen-bond acceptors (Lipinski definition) is 14. The summed E-state index contributed by atoms with van der Waals surface area (Å²) in [4.78, 5) is 50.0. The van der Waals surface area contributed by atoms with Crippen LogP contribution in [0.1, 0.15) is 32.2 Å². The Balaban J connectivity index is 1.22. The van der Waals surface area contributed by atoms with Crippen molar-refractivity contribution in [3.8, 4) is 11.1 Å². The average molecular weight is 770 g/mol. The Kier molecular flexibility index (Phi) is 8.84. The summed E-state index contributed by atoms with van der Waals surface area (Å²) < 4.78 is 67.7. The van der Waals surface area contributed by atoms with Crippen molar-refractivity contribution in [2.75, 3.05) is 52.4 Å². The van der Waals surface area contributed by atoms with Crippen LogP contribution in [-0.2, 0) is 20.0 Å². The van der Waals surface area contributed by atoms with Gasteiger partial charge in [-0.2, -0.15) is 8.61 Å². The molecule has 7 rings (SSSR count). The summed E-state index contributed by atoms with van der Waals surface area (Å²) in [6.07, 6.45) is 2.64. The first-order chi connectivity index (χ1) is 25.2. The molecule has 276 valence electrons. The molecule has 2 aliphatic heterocycles. The van der Waals surface area contributed by atoms with Crippen molar-refractivity contribution < 1.29 is 50.3 Å². The molecule has 0 saturated carbocycles. The summed E-state index contributed by atoms with van der Waals surface area (Å²) in [6.45, 7) is -0.841. The van der Waals surface area contributed by atoms with Crippen LogP contribution >= 0.6 is 0 Å². The highest BCUT2D eigenvalue weighted by atomic mass is 32.2. The molecule has 2 aromatic carbocycles. The summed E-state index contributed by atoms with van der Waals surface area (Å²) in [6, 6.07) is 9.40. The Morgan fingerprint density at radius 1 is 0.660 bits per heavy atom. The molecule has 20 nitrogen and oxygen atoms in total. The predicted molar refractivity (Wildman–Crippen MR) is 179 cm³/mol. The molecule has 0 radical (unpaired) electrons. The lowest BCUT2D eigenvalue weighted by Crippen LogP contribution is -2.50. The number of piperazine rings is 2. The van der Waals surface area contributed by atoms with Gasteiger partial charge in [0, 0.05) is 75.6 Å². The molecule has 4 heterocycles. The van der Waals surface area contributed by atoms with Crippen molar-refractivity contribution >= 4 is 48.9 Å². The fourth-order valence-electron chi connectivity index (χ4n) is 6.61.